The number of nitrogen functional groups attached to an aromatic ring is 1. The predicted molar refractivity (Wildman–Crippen MR) is 77.7 cm³/mol. The van der Waals surface area contributed by atoms with E-state index in [4.69, 9.17) is 10.5 Å². The van der Waals surface area contributed by atoms with Crippen molar-refractivity contribution in [3.05, 3.63) is 59.7 Å². The Morgan fingerprint density at radius 2 is 1.85 bits per heavy atom. The minimum absolute atomic E-state index is 0.120. The van der Waals surface area contributed by atoms with Crippen LogP contribution in [0.2, 0.25) is 0 Å². The van der Waals surface area contributed by atoms with Gasteiger partial charge in [-0.2, -0.15) is 0 Å². The second-order valence-corrected chi connectivity index (χ2v) is 4.41. The van der Waals surface area contributed by atoms with Crippen LogP contribution >= 0.6 is 0 Å². The lowest BCUT2D eigenvalue weighted by Crippen LogP contribution is -2.07. The third-order valence-electron chi connectivity index (χ3n) is 3.01. The van der Waals surface area contributed by atoms with Gasteiger partial charge in [-0.3, -0.25) is 0 Å². The molecule has 4 nitrogen and oxygen atoms in total. The quantitative estimate of drug-likeness (QED) is 0.685. The van der Waals surface area contributed by atoms with Crippen molar-refractivity contribution < 1.29 is 14.3 Å². The SMILES string of the molecule is COC(=O)c1cc(OC(C)c2ccccc2)ccc1N. The van der Waals surface area contributed by atoms with Crippen LogP contribution in [0.25, 0.3) is 0 Å². The van der Waals surface area contributed by atoms with Crippen LogP contribution in [0.1, 0.15) is 28.9 Å². The first-order valence-electron chi connectivity index (χ1n) is 6.31. The van der Waals surface area contributed by atoms with E-state index in [2.05, 4.69) is 4.74 Å². The molecule has 2 rings (SSSR count). The van der Waals surface area contributed by atoms with E-state index in [1.54, 1.807) is 18.2 Å². The summed E-state index contributed by atoms with van der Waals surface area (Å²) in [6, 6.07) is 14.8. The van der Waals surface area contributed by atoms with Gasteiger partial charge in [0.05, 0.1) is 12.7 Å². The van der Waals surface area contributed by atoms with Crippen LogP contribution in [-0.4, -0.2) is 13.1 Å². The maximum atomic E-state index is 11.6. The fourth-order valence-corrected chi connectivity index (χ4v) is 1.89. The molecule has 1 atom stereocenters. The Labute approximate surface area is 118 Å². The molecule has 2 aromatic carbocycles. The van der Waals surface area contributed by atoms with Gasteiger partial charge in [0.1, 0.15) is 11.9 Å². The summed E-state index contributed by atoms with van der Waals surface area (Å²) in [5, 5.41) is 0. The van der Waals surface area contributed by atoms with Crippen molar-refractivity contribution in [2.45, 2.75) is 13.0 Å². The van der Waals surface area contributed by atoms with E-state index in [0.29, 0.717) is 17.0 Å². The first kappa shape index (κ1) is 13.9. The number of anilines is 1. The number of rotatable bonds is 4. The van der Waals surface area contributed by atoms with Crippen LogP contribution in [0.3, 0.4) is 0 Å². The fraction of sp³-hybridized carbons (Fsp3) is 0.188. The Bertz CT molecular complexity index is 596. The Kier molecular flexibility index (Phi) is 4.25. The van der Waals surface area contributed by atoms with Gasteiger partial charge in [0.15, 0.2) is 0 Å². The molecule has 2 aromatic rings. The number of esters is 1. The molecule has 0 radical (unpaired) electrons. The van der Waals surface area contributed by atoms with Crippen molar-refractivity contribution in [2.24, 2.45) is 0 Å². The van der Waals surface area contributed by atoms with Gasteiger partial charge in [-0.05, 0) is 30.7 Å². The van der Waals surface area contributed by atoms with E-state index in [1.165, 1.54) is 7.11 Å². The molecule has 0 heterocycles. The van der Waals surface area contributed by atoms with Crippen LogP contribution in [0.5, 0.6) is 5.75 Å². The molecule has 0 aromatic heterocycles. The molecule has 0 amide bonds. The van der Waals surface area contributed by atoms with Crippen molar-refractivity contribution in [1.29, 1.82) is 0 Å². The largest absolute Gasteiger partial charge is 0.486 e. The third-order valence-corrected chi connectivity index (χ3v) is 3.01. The summed E-state index contributed by atoms with van der Waals surface area (Å²) >= 11 is 0. The average molecular weight is 271 g/mol. The molecule has 2 N–H and O–H groups in total. The molecule has 0 fully saturated rings. The number of nitrogens with two attached hydrogens (primary N) is 1. The van der Waals surface area contributed by atoms with E-state index in [0.717, 1.165) is 5.56 Å². The first-order valence-corrected chi connectivity index (χ1v) is 6.31. The minimum atomic E-state index is -0.472. The van der Waals surface area contributed by atoms with Gasteiger partial charge in [-0.15, -0.1) is 0 Å². The number of carbonyl (C=O) groups is 1. The molecular weight excluding hydrogens is 254 g/mol. The molecule has 0 saturated heterocycles. The van der Waals surface area contributed by atoms with Crippen LogP contribution in [-0.2, 0) is 4.74 Å². The van der Waals surface area contributed by atoms with Crippen LogP contribution in [0.4, 0.5) is 5.69 Å². The molecule has 0 spiro atoms. The highest BCUT2D eigenvalue weighted by Gasteiger charge is 2.13. The third kappa shape index (κ3) is 3.09. The topological polar surface area (TPSA) is 61.5 Å². The fourth-order valence-electron chi connectivity index (χ4n) is 1.89. The lowest BCUT2D eigenvalue weighted by atomic mass is 10.1. The summed E-state index contributed by atoms with van der Waals surface area (Å²) in [6.07, 6.45) is -0.120. The van der Waals surface area contributed by atoms with E-state index in [-0.39, 0.29) is 6.10 Å². The van der Waals surface area contributed by atoms with Gasteiger partial charge in [0.25, 0.3) is 0 Å². The monoisotopic (exact) mass is 271 g/mol. The van der Waals surface area contributed by atoms with E-state index in [1.807, 2.05) is 37.3 Å². The standard InChI is InChI=1S/C16H17NO3/c1-11(12-6-4-3-5-7-12)20-13-8-9-15(17)14(10-13)16(18)19-2/h3-11H,17H2,1-2H3. The van der Waals surface area contributed by atoms with Crippen LogP contribution in [0, 0.1) is 0 Å². The summed E-state index contributed by atoms with van der Waals surface area (Å²) in [5.41, 5.74) is 7.49. The normalized spacial score (nSPS) is 11.7. The molecule has 0 aliphatic carbocycles. The van der Waals surface area contributed by atoms with Gasteiger partial charge in [-0.25, -0.2) is 4.79 Å². The Hall–Kier alpha value is -2.49. The number of hydrogen-bond donors (Lipinski definition) is 1. The van der Waals surface area contributed by atoms with Crippen molar-refractivity contribution in [3.8, 4) is 5.75 Å². The zero-order valence-corrected chi connectivity index (χ0v) is 11.5. The summed E-state index contributed by atoms with van der Waals surface area (Å²) in [7, 11) is 1.32. The minimum Gasteiger partial charge on any atom is -0.486 e. The smallest absolute Gasteiger partial charge is 0.340 e. The molecule has 1 unspecified atom stereocenters. The highest BCUT2D eigenvalue weighted by molar-refractivity contribution is 5.95. The highest BCUT2D eigenvalue weighted by Crippen LogP contribution is 2.25. The number of ether oxygens (including phenoxy) is 2. The van der Waals surface area contributed by atoms with E-state index >= 15 is 0 Å². The summed E-state index contributed by atoms with van der Waals surface area (Å²) < 4.78 is 10.5. The Balaban J connectivity index is 2.20. The molecule has 0 aliphatic heterocycles. The highest BCUT2D eigenvalue weighted by atomic mass is 16.5. The van der Waals surface area contributed by atoms with Gasteiger partial charge in [-0.1, -0.05) is 30.3 Å². The average Bonchev–Trinajstić information content (AvgIpc) is 2.49. The molecule has 104 valence electrons. The Morgan fingerprint density at radius 3 is 2.50 bits per heavy atom. The lowest BCUT2D eigenvalue weighted by molar-refractivity contribution is 0.0601. The molecule has 20 heavy (non-hydrogen) atoms. The zero-order valence-electron chi connectivity index (χ0n) is 11.5. The van der Waals surface area contributed by atoms with Crippen molar-refractivity contribution in [3.63, 3.8) is 0 Å². The van der Waals surface area contributed by atoms with Gasteiger partial charge < -0.3 is 15.2 Å². The second kappa shape index (κ2) is 6.10. The summed E-state index contributed by atoms with van der Waals surface area (Å²) in [6.45, 7) is 1.95. The molecule has 0 aliphatic rings. The molecular formula is C16H17NO3. The van der Waals surface area contributed by atoms with Gasteiger partial charge in [0.2, 0.25) is 0 Å². The zero-order chi connectivity index (χ0) is 14.5. The van der Waals surface area contributed by atoms with Gasteiger partial charge >= 0.3 is 5.97 Å². The number of carbonyl (C=O) groups excluding carboxylic acids is 1. The molecule has 0 saturated carbocycles. The predicted octanol–water partition coefficient (Wildman–Crippen LogP) is 3.20. The second-order valence-electron chi connectivity index (χ2n) is 4.41. The number of benzene rings is 2. The number of hydrogen-bond acceptors (Lipinski definition) is 4. The summed E-state index contributed by atoms with van der Waals surface area (Å²) in [4.78, 5) is 11.6. The van der Waals surface area contributed by atoms with Gasteiger partial charge in [0, 0.05) is 5.69 Å². The lowest BCUT2D eigenvalue weighted by Gasteiger charge is -2.16. The number of methoxy groups -OCH3 is 1. The molecule has 0 bridgehead atoms. The van der Waals surface area contributed by atoms with Crippen molar-refractivity contribution in [2.75, 3.05) is 12.8 Å². The maximum Gasteiger partial charge on any atom is 0.340 e. The van der Waals surface area contributed by atoms with Crippen molar-refractivity contribution >= 4 is 11.7 Å². The van der Waals surface area contributed by atoms with Crippen LogP contribution in [0.15, 0.2) is 48.5 Å². The van der Waals surface area contributed by atoms with E-state index in [9.17, 15) is 4.79 Å². The van der Waals surface area contributed by atoms with E-state index < -0.39 is 5.97 Å². The molecule has 4 heteroatoms. The summed E-state index contributed by atoms with van der Waals surface area (Å²) in [5.74, 6) is 0.108. The van der Waals surface area contributed by atoms with Crippen LogP contribution < -0.4 is 10.5 Å². The Morgan fingerprint density at radius 1 is 1.15 bits per heavy atom. The van der Waals surface area contributed by atoms with Crippen molar-refractivity contribution in [1.82, 2.24) is 0 Å². The first-order chi connectivity index (χ1) is 9.61. The maximum absolute atomic E-state index is 11.6.